The van der Waals surface area contributed by atoms with Crippen molar-refractivity contribution in [2.75, 3.05) is 18.8 Å². The minimum absolute atomic E-state index is 0.164. The molecular weight excluding hydrogens is 372 g/mol. The second-order valence-corrected chi connectivity index (χ2v) is 7.77. The number of nitrogens with two attached hydrogens (primary N) is 1. The maximum atomic E-state index is 11.9. The van der Waals surface area contributed by atoms with E-state index in [9.17, 15) is 9.59 Å². The predicted molar refractivity (Wildman–Crippen MR) is 99.7 cm³/mol. The van der Waals surface area contributed by atoms with E-state index in [1.165, 1.54) is 0 Å². The Morgan fingerprint density at radius 2 is 1.92 bits per heavy atom. The fourth-order valence-electron chi connectivity index (χ4n) is 2.60. The van der Waals surface area contributed by atoms with Gasteiger partial charge in [0.1, 0.15) is 5.60 Å². The number of nitrogens with zero attached hydrogens (tertiary/aromatic N) is 1. The molecule has 0 bridgehead atoms. The van der Waals surface area contributed by atoms with Gasteiger partial charge in [-0.1, -0.05) is 15.9 Å². The van der Waals surface area contributed by atoms with Gasteiger partial charge in [-0.25, -0.2) is 0 Å². The van der Waals surface area contributed by atoms with Crippen LogP contribution in [0.1, 0.15) is 52.1 Å². The van der Waals surface area contributed by atoms with E-state index in [1.54, 1.807) is 6.92 Å². The number of carbonyl (C=O) groups is 2. The lowest BCUT2D eigenvalue weighted by Gasteiger charge is -2.26. The summed E-state index contributed by atoms with van der Waals surface area (Å²) >= 11 is 3.44. The topological polar surface area (TPSA) is 72.6 Å². The molecule has 1 aromatic rings. The molecular formula is C18H27BrN2O3. The summed E-state index contributed by atoms with van der Waals surface area (Å²) in [7, 11) is 0. The summed E-state index contributed by atoms with van der Waals surface area (Å²) < 4.78 is 5.51. The third-order valence-electron chi connectivity index (χ3n) is 3.64. The van der Waals surface area contributed by atoms with Gasteiger partial charge in [0, 0.05) is 15.7 Å². The maximum absolute atomic E-state index is 11.9. The molecule has 0 radical (unpaired) electrons. The molecule has 1 saturated heterocycles. The van der Waals surface area contributed by atoms with Crippen LogP contribution in [0.25, 0.3) is 0 Å². The molecule has 2 N–H and O–H groups in total. The third-order valence-corrected chi connectivity index (χ3v) is 4.13. The summed E-state index contributed by atoms with van der Waals surface area (Å²) in [6.07, 6.45) is 2.33. The second kappa shape index (κ2) is 9.18. The summed E-state index contributed by atoms with van der Waals surface area (Å²) in [6.45, 7) is 9.53. The zero-order valence-electron chi connectivity index (χ0n) is 14.8. The van der Waals surface area contributed by atoms with Crippen molar-refractivity contribution < 1.29 is 14.3 Å². The van der Waals surface area contributed by atoms with Crippen molar-refractivity contribution in [1.82, 2.24) is 4.90 Å². The number of nitrogen functional groups attached to an aromatic ring is 1. The summed E-state index contributed by atoms with van der Waals surface area (Å²) in [5.74, 6) is 0.164. The number of carbonyl (C=O) groups excluding carboxylic acids is 2. The normalized spacial score (nSPS) is 16.0. The fourth-order valence-corrected chi connectivity index (χ4v) is 2.98. The first kappa shape index (κ1) is 20.6. The highest BCUT2D eigenvalue weighted by molar-refractivity contribution is 9.10. The van der Waals surface area contributed by atoms with Gasteiger partial charge in [0.25, 0.3) is 6.47 Å². The van der Waals surface area contributed by atoms with Crippen LogP contribution in [0.15, 0.2) is 22.7 Å². The van der Waals surface area contributed by atoms with Crippen LogP contribution in [0.3, 0.4) is 0 Å². The van der Waals surface area contributed by atoms with Crippen LogP contribution >= 0.6 is 15.9 Å². The molecule has 24 heavy (non-hydrogen) atoms. The number of Topliss-reactive ketones (excluding diaryl/α,β-unsaturated/α-hetero) is 1. The average Bonchev–Trinajstić information content (AvgIpc) is 2.96. The standard InChI is InChI=1S/C13H17BrN2O.C5H10O2/c1-9(17)13(16-6-2-3-7-16)11-8-10(14)4-5-12(11)15;1-5(2,3)7-4-6/h4-5,8,13H,2-3,6-7,15H2,1H3;4H,1-3H3. The van der Waals surface area contributed by atoms with E-state index in [4.69, 9.17) is 5.73 Å². The number of hydrogen-bond donors (Lipinski definition) is 1. The monoisotopic (exact) mass is 398 g/mol. The smallest absolute Gasteiger partial charge is 0.293 e. The highest BCUT2D eigenvalue weighted by Gasteiger charge is 2.28. The van der Waals surface area contributed by atoms with Crippen molar-refractivity contribution in [3.05, 3.63) is 28.2 Å². The Bertz CT molecular complexity index is 564. The molecule has 1 aromatic carbocycles. The molecule has 134 valence electrons. The Kier molecular flexibility index (Phi) is 7.90. The van der Waals surface area contributed by atoms with Crippen LogP contribution in [-0.4, -0.2) is 35.8 Å². The molecule has 0 amide bonds. The van der Waals surface area contributed by atoms with Gasteiger partial charge in [-0.2, -0.15) is 0 Å². The zero-order valence-corrected chi connectivity index (χ0v) is 16.4. The van der Waals surface area contributed by atoms with Crippen LogP contribution in [0.4, 0.5) is 5.69 Å². The molecule has 0 spiro atoms. The van der Waals surface area contributed by atoms with Gasteiger partial charge >= 0.3 is 0 Å². The molecule has 2 rings (SSSR count). The average molecular weight is 399 g/mol. The van der Waals surface area contributed by atoms with E-state index in [0.29, 0.717) is 12.2 Å². The van der Waals surface area contributed by atoms with E-state index in [2.05, 4.69) is 25.6 Å². The number of rotatable bonds is 4. The Labute approximate surface area is 152 Å². The molecule has 1 heterocycles. The van der Waals surface area contributed by atoms with Crippen LogP contribution < -0.4 is 5.73 Å². The van der Waals surface area contributed by atoms with E-state index in [-0.39, 0.29) is 17.4 Å². The minimum atomic E-state index is -0.318. The summed E-state index contributed by atoms with van der Waals surface area (Å²) in [5.41, 5.74) is 7.30. The molecule has 1 aliphatic heterocycles. The minimum Gasteiger partial charge on any atom is -0.462 e. The van der Waals surface area contributed by atoms with Gasteiger partial charge in [-0.3, -0.25) is 14.5 Å². The van der Waals surface area contributed by atoms with Gasteiger partial charge in [0.15, 0.2) is 5.78 Å². The molecule has 1 fully saturated rings. The van der Waals surface area contributed by atoms with E-state index in [1.807, 2.05) is 39.0 Å². The zero-order chi connectivity index (χ0) is 18.3. The van der Waals surface area contributed by atoms with Crippen molar-refractivity contribution in [2.45, 2.75) is 52.2 Å². The molecule has 5 nitrogen and oxygen atoms in total. The van der Waals surface area contributed by atoms with Crippen LogP contribution in [0.2, 0.25) is 0 Å². The first-order valence-corrected chi connectivity index (χ1v) is 8.86. The summed E-state index contributed by atoms with van der Waals surface area (Å²) in [6, 6.07) is 5.53. The van der Waals surface area contributed by atoms with Crippen LogP contribution in [-0.2, 0) is 14.3 Å². The largest absolute Gasteiger partial charge is 0.462 e. The Morgan fingerprint density at radius 3 is 2.33 bits per heavy atom. The van der Waals surface area contributed by atoms with Crippen molar-refractivity contribution in [1.29, 1.82) is 0 Å². The van der Waals surface area contributed by atoms with Crippen molar-refractivity contribution >= 4 is 33.9 Å². The lowest BCUT2D eigenvalue weighted by molar-refractivity contribution is -0.138. The highest BCUT2D eigenvalue weighted by atomic mass is 79.9. The van der Waals surface area contributed by atoms with Gasteiger partial charge in [0.2, 0.25) is 0 Å². The lowest BCUT2D eigenvalue weighted by Crippen LogP contribution is -2.31. The number of halogens is 1. The first-order chi connectivity index (χ1) is 11.2. The van der Waals surface area contributed by atoms with E-state index < -0.39 is 0 Å². The quantitative estimate of drug-likeness (QED) is 0.617. The van der Waals surface area contributed by atoms with E-state index in [0.717, 1.165) is 36.0 Å². The molecule has 0 aromatic heterocycles. The van der Waals surface area contributed by atoms with Crippen molar-refractivity contribution in [3.63, 3.8) is 0 Å². The number of benzene rings is 1. The number of ether oxygens (including phenoxy) is 1. The van der Waals surface area contributed by atoms with Crippen molar-refractivity contribution in [2.24, 2.45) is 0 Å². The van der Waals surface area contributed by atoms with Gasteiger partial charge < -0.3 is 10.5 Å². The molecule has 1 atom stereocenters. The van der Waals surface area contributed by atoms with Gasteiger partial charge in [0.05, 0.1) is 6.04 Å². The predicted octanol–water partition coefficient (Wildman–Crippen LogP) is 3.72. The molecule has 0 aliphatic carbocycles. The van der Waals surface area contributed by atoms with E-state index >= 15 is 0 Å². The Morgan fingerprint density at radius 1 is 1.33 bits per heavy atom. The third kappa shape index (κ3) is 6.61. The Balaban J connectivity index is 0.000000351. The van der Waals surface area contributed by atoms with Gasteiger partial charge in [-0.15, -0.1) is 0 Å². The maximum Gasteiger partial charge on any atom is 0.293 e. The second-order valence-electron chi connectivity index (χ2n) is 6.86. The number of hydrogen-bond acceptors (Lipinski definition) is 5. The molecule has 1 aliphatic rings. The van der Waals surface area contributed by atoms with Crippen LogP contribution in [0, 0.1) is 0 Å². The van der Waals surface area contributed by atoms with Gasteiger partial charge in [-0.05, 0) is 71.8 Å². The SMILES string of the molecule is CC(=O)C(c1cc(Br)ccc1N)N1CCCC1.CC(C)(C)OC=O. The molecule has 6 heteroatoms. The fraction of sp³-hybridized carbons (Fsp3) is 0.556. The Hall–Kier alpha value is -1.40. The summed E-state index contributed by atoms with van der Waals surface area (Å²) in [5, 5.41) is 0. The summed E-state index contributed by atoms with van der Waals surface area (Å²) in [4.78, 5) is 23.7. The molecule has 1 unspecified atom stereocenters. The highest BCUT2D eigenvalue weighted by Crippen LogP contribution is 2.31. The number of ketones is 1. The lowest BCUT2D eigenvalue weighted by atomic mass is 10.0. The first-order valence-electron chi connectivity index (χ1n) is 8.06. The van der Waals surface area contributed by atoms with Crippen molar-refractivity contribution in [3.8, 4) is 0 Å². The number of anilines is 1. The number of likely N-dealkylation sites (tertiary alicyclic amines) is 1. The molecule has 0 saturated carbocycles. The van der Waals surface area contributed by atoms with Crippen LogP contribution in [0.5, 0.6) is 0 Å².